The van der Waals surface area contributed by atoms with Gasteiger partial charge >= 0.3 is 0 Å². The average Bonchev–Trinajstić information content (AvgIpc) is 3.08. The van der Waals surface area contributed by atoms with Crippen LogP contribution in [0.25, 0.3) is 0 Å². The highest BCUT2D eigenvalue weighted by Crippen LogP contribution is 2.25. The molecule has 1 saturated heterocycles. The average molecular weight is 382 g/mol. The molecule has 2 amide bonds. The van der Waals surface area contributed by atoms with Crippen LogP contribution in [0.3, 0.4) is 0 Å². The molecule has 1 fully saturated rings. The van der Waals surface area contributed by atoms with Crippen LogP contribution >= 0.6 is 0 Å². The Bertz CT molecular complexity index is 857. The lowest BCUT2D eigenvalue weighted by Gasteiger charge is -2.42. The Morgan fingerprint density at radius 2 is 2.11 bits per heavy atom. The fourth-order valence-electron chi connectivity index (χ4n) is 3.81. The van der Waals surface area contributed by atoms with Crippen LogP contribution in [0, 0.1) is 5.92 Å². The van der Waals surface area contributed by atoms with Crippen molar-refractivity contribution in [2.75, 3.05) is 33.7 Å². The van der Waals surface area contributed by atoms with Gasteiger partial charge in [0.05, 0.1) is 23.0 Å². The molecule has 2 aliphatic rings. The van der Waals surface area contributed by atoms with E-state index in [0.29, 0.717) is 29.6 Å². The van der Waals surface area contributed by atoms with Crippen LogP contribution in [0.2, 0.25) is 0 Å². The molecule has 2 aromatic heterocycles. The molecule has 148 valence electrons. The molecule has 0 aromatic carbocycles. The number of carbonyl (C=O) groups excluding carboxylic acids is 2. The number of nitrogens with one attached hydrogen (secondary N) is 1. The summed E-state index contributed by atoms with van der Waals surface area (Å²) in [5.41, 5.74) is 2.26. The molecule has 8 nitrogen and oxygen atoms in total. The number of hydrogen-bond acceptors (Lipinski definition) is 5. The van der Waals surface area contributed by atoms with Gasteiger partial charge in [-0.05, 0) is 45.0 Å². The molecular weight excluding hydrogens is 356 g/mol. The van der Waals surface area contributed by atoms with Crippen LogP contribution in [0.1, 0.15) is 32.8 Å². The van der Waals surface area contributed by atoms with Gasteiger partial charge in [0.1, 0.15) is 0 Å². The lowest BCUT2D eigenvalue weighted by molar-refractivity contribution is 0.0397. The van der Waals surface area contributed by atoms with E-state index in [4.69, 9.17) is 0 Å². The SMILES string of the molecule is CN(C)C1CN(C(=O)c2cnn3c2C[C@H](CNC(=O)c2cccnc2)CC3)C1. The largest absolute Gasteiger partial charge is 0.352 e. The van der Waals surface area contributed by atoms with Gasteiger partial charge in [0.2, 0.25) is 0 Å². The van der Waals surface area contributed by atoms with Crippen LogP contribution in [0.15, 0.2) is 30.7 Å². The number of hydrogen-bond donors (Lipinski definition) is 1. The number of carbonyl (C=O) groups is 2. The van der Waals surface area contributed by atoms with Crippen LogP contribution in [0.4, 0.5) is 0 Å². The van der Waals surface area contributed by atoms with E-state index in [9.17, 15) is 9.59 Å². The first kappa shape index (κ1) is 18.6. The number of pyridine rings is 1. The number of aryl methyl sites for hydroxylation is 1. The molecule has 4 rings (SSSR count). The van der Waals surface area contributed by atoms with Gasteiger partial charge in [0.25, 0.3) is 11.8 Å². The summed E-state index contributed by atoms with van der Waals surface area (Å²) in [5.74, 6) is 0.250. The Morgan fingerprint density at radius 3 is 2.82 bits per heavy atom. The number of likely N-dealkylation sites (N-methyl/N-ethyl adjacent to an activating group) is 1. The summed E-state index contributed by atoms with van der Waals surface area (Å²) in [7, 11) is 4.08. The lowest BCUT2D eigenvalue weighted by Crippen LogP contribution is -2.59. The fraction of sp³-hybridized carbons (Fsp3) is 0.500. The minimum absolute atomic E-state index is 0.0689. The quantitative estimate of drug-likeness (QED) is 0.821. The fourth-order valence-corrected chi connectivity index (χ4v) is 3.81. The van der Waals surface area contributed by atoms with E-state index < -0.39 is 0 Å². The Morgan fingerprint density at radius 1 is 1.29 bits per heavy atom. The summed E-state index contributed by atoms with van der Waals surface area (Å²) in [6, 6.07) is 3.94. The lowest BCUT2D eigenvalue weighted by atomic mass is 9.93. The highest BCUT2D eigenvalue weighted by Gasteiger charge is 2.35. The van der Waals surface area contributed by atoms with Crippen LogP contribution in [0.5, 0.6) is 0 Å². The number of likely N-dealkylation sites (tertiary alicyclic amines) is 1. The van der Waals surface area contributed by atoms with Crippen molar-refractivity contribution in [3.8, 4) is 0 Å². The Kier molecular flexibility index (Phi) is 5.13. The van der Waals surface area contributed by atoms with Gasteiger partial charge in [-0.2, -0.15) is 5.10 Å². The van der Waals surface area contributed by atoms with Crippen molar-refractivity contribution in [2.24, 2.45) is 5.92 Å². The number of aromatic nitrogens is 3. The first-order valence-corrected chi connectivity index (χ1v) is 9.71. The van der Waals surface area contributed by atoms with Gasteiger partial charge in [-0.1, -0.05) is 0 Å². The first-order valence-electron chi connectivity index (χ1n) is 9.71. The molecule has 0 spiro atoms. The zero-order chi connectivity index (χ0) is 19.7. The second kappa shape index (κ2) is 7.71. The van der Waals surface area contributed by atoms with Gasteiger partial charge in [-0.3, -0.25) is 19.3 Å². The summed E-state index contributed by atoms with van der Waals surface area (Å²) < 4.78 is 1.94. The molecule has 4 heterocycles. The van der Waals surface area contributed by atoms with Crippen LogP contribution in [-0.2, 0) is 13.0 Å². The minimum atomic E-state index is -0.112. The smallest absolute Gasteiger partial charge is 0.257 e. The third-order valence-corrected chi connectivity index (χ3v) is 5.77. The van der Waals surface area contributed by atoms with E-state index in [0.717, 1.165) is 38.2 Å². The van der Waals surface area contributed by atoms with Gasteiger partial charge in [0.15, 0.2) is 0 Å². The predicted octanol–water partition coefficient (Wildman–Crippen LogP) is 0.657. The third kappa shape index (κ3) is 3.64. The Balaban J connectivity index is 1.37. The molecule has 0 aliphatic carbocycles. The van der Waals surface area contributed by atoms with Crippen molar-refractivity contribution >= 4 is 11.8 Å². The summed E-state index contributed by atoms with van der Waals surface area (Å²) in [4.78, 5) is 33.1. The summed E-state index contributed by atoms with van der Waals surface area (Å²) >= 11 is 0. The summed E-state index contributed by atoms with van der Waals surface area (Å²) in [6.07, 6.45) is 6.60. The topological polar surface area (TPSA) is 83.4 Å². The first-order chi connectivity index (χ1) is 13.5. The molecule has 0 bridgehead atoms. The van der Waals surface area contributed by atoms with Gasteiger partial charge in [-0.25, -0.2) is 0 Å². The summed E-state index contributed by atoms with van der Waals surface area (Å²) in [6.45, 7) is 2.89. The van der Waals surface area contributed by atoms with Crippen molar-refractivity contribution in [1.29, 1.82) is 0 Å². The number of fused-ring (bicyclic) bond motifs is 1. The monoisotopic (exact) mass is 382 g/mol. The van der Waals surface area contributed by atoms with Crippen LogP contribution in [-0.4, -0.2) is 76.2 Å². The molecule has 28 heavy (non-hydrogen) atoms. The highest BCUT2D eigenvalue weighted by atomic mass is 16.2. The number of rotatable bonds is 5. The molecule has 1 atom stereocenters. The summed E-state index contributed by atoms with van der Waals surface area (Å²) in [5, 5.41) is 7.41. The van der Waals surface area contributed by atoms with Crippen molar-refractivity contribution in [1.82, 2.24) is 29.9 Å². The standard InChI is InChI=1S/C20H26N6O2/c1-24(2)16-12-25(13-16)20(28)17-11-23-26-7-5-14(8-18(17)26)9-22-19(27)15-4-3-6-21-10-15/h3-4,6,10-11,14,16H,5,7-9,12-13H2,1-2H3,(H,22,27)/t14-/m1/s1. The zero-order valence-corrected chi connectivity index (χ0v) is 16.3. The minimum Gasteiger partial charge on any atom is -0.352 e. The Labute approximate surface area is 164 Å². The van der Waals surface area contributed by atoms with E-state index in [-0.39, 0.29) is 11.8 Å². The van der Waals surface area contributed by atoms with Crippen molar-refractivity contribution in [3.05, 3.63) is 47.5 Å². The maximum Gasteiger partial charge on any atom is 0.257 e. The van der Waals surface area contributed by atoms with E-state index in [1.807, 2.05) is 23.7 Å². The maximum atomic E-state index is 12.9. The van der Waals surface area contributed by atoms with E-state index in [2.05, 4.69) is 20.3 Å². The molecule has 0 saturated carbocycles. The van der Waals surface area contributed by atoms with Gasteiger partial charge in [-0.15, -0.1) is 0 Å². The molecule has 1 N–H and O–H groups in total. The zero-order valence-electron chi connectivity index (χ0n) is 16.3. The molecule has 0 unspecified atom stereocenters. The molecular formula is C20H26N6O2. The maximum absolute atomic E-state index is 12.9. The van der Waals surface area contributed by atoms with Gasteiger partial charge in [0, 0.05) is 44.6 Å². The van der Waals surface area contributed by atoms with E-state index >= 15 is 0 Å². The van der Waals surface area contributed by atoms with Crippen LogP contribution < -0.4 is 5.32 Å². The second-order valence-electron chi connectivity index (χ2n) is 7.87. The third-order valence-electron chi connectivity index (χ3n) is 5.77. The number of amides is 2. The van der Waals surface area contributed by atoms with E-state index in [1.165, 1.54) is 0 Å². The molecule has 2 aromatic rings. The second-order valence-corrected chi connectivity index (χ2v) is 7.87. The predicted molar refractivity (Wildman–Crippen MR) is 104 cm³/mol. The molecule has 8 heteroatoms. The van der Waals surface area contributed by atoms with E-state index in [1.54, 1.807) is 30.7 Å². The molecule has 2 aliphatic heterocycles. The van der Waals surface area contributed by atoms with Crippen molar-refractivity contribution < 1.29 is 9.59 Å². The highest BCUT2D eigenvalue weighted by molar-refractivity contribution is 5.96. The van der Waals surface area contributed by atoms with Gasteiger partial charge < -0.3 is 15.1 Å². The normalized spacial score (nSPS) is 19.2. The number of nitrogens with zero attached hydrogens (tertiary/aromatic N) is 5. The Hall–Kier alpha value is -2.74. The van der Waals surface area contributed by atoms with Crippen molar-refractivity contribution in [3.63, 3.8) is 0 Å². The van der Waals surface area contributed by atoms with Crippen molar-refractivity contribution in [2.45, 2.75) is 25.4 Å². The molecule has 0 radical (unpaired) electrons.